The summed E-state index contributed by atoms with van der Waals surface area (Å²) in [6.45, 7) is 8.57. The van der Waals surface area contributed by atoms with Gasteiger partial charge in [-0.2, -0.15) is 0 Å². The Kier molecular flexibility index (Phi) is 9.70. The molecule has 2 aromatic rings. The first kappa shape index (κ1) is 25.8. The first-order valence-corrected chi connectivity index (χ1v) is 13.4. The van der Waals surface area contributed by atoms with Gasteiger partial charge in [0.1, 0.15) is 16.7 Å². The fourth-order valence-electron chi connectivity index (χ4n) is 4.14. The number of piperazine rings is 1. The zero-order valence-corrected chi connectivity index (χ0v) is 21.7. The minimum atomic E-state index is -0.0183. The highest BCUT2D eigenvalue weighted by Crippen LogP contribution is 2.25. The number of amides is 1. The molecule has 1 N–H and O–H groups in total. The number of carbonyl (C=O) groups excluding carboxylic acids is 1. The molecule has 0 spiro atoms. The van der Waals surface area contributed by atoms with Crippen molar-refractivity contribution in [3.8, 4) is 5.75 Å². The van der Waals surface area contributed by atoms with E-state index in [9.17, 15) is 4.79 Å². The number of ether oxygens (including phenoxy) is 2. The van der Waals surface area contributed by atoms with Crippen LogP contribution < -0.4 is 19.9 Å². The molecule has 0 aliphatic carbocycles. The first-order valence-electron chi connectivity index (χ1n) is 12.0. The Bertz CT molecular complexity index is 953. The molecule has 2 aliphatic rings. The van der Waals surface area contributed by atoms with Crippen LogP contribution >= 0.6 is 23.4 Å². The number of hydrogen-bond donors (Lipinski definition) is 1. The number of nitrogens with zero attached hydrogens (tertiary/aromatic N) is 5. The Labute approximate surface area is 216 Å². The van der Waals surface area contributed by atoms with E-state index < -0.39 is 0 Å². The Balaban J connectivity index is 1.21. The molecule has 2 aliphatic heterocycles. The highest BCUT2D eigenvalue weighted by molar-refractivity contribution is 7.99. The molecule has 9 nitrogen and oxygen atoms in total. The summed E-state index contributed by atoms with van der Waals surface area (Å²) in [6, 6.07) is 9.92. The molecule has 4 rings (SSSR count). The second-order valence-electron chi connectivity index (χ2n) is 8.45. The number of rotatable bonds is 10. The van der Waals surface area contributed by atoms with E-state index in [4.69, 9.17) is 21.1 Å². The fraction of sp³-hybridized carbons (Fsp3) is 0.542. The van der Waals surface area contributed by atoms with Crippen LogP contribution in [0.15, 0.2) is 35.5 Å². The summed E-state index contributed by atoms with van der Waals surface area (Å²) in [4.78, 5) is 28.2. The van der Waals surface area contributed by atoms with Crippen LogP contribution in [0.5, 0.6) is 5.75 Å². The lowest BCUT2D eigenvalue weighted by Crippen LogP contribution is -2.46. The molecular formula is C24H33ClN6O3S. The van der Waals surface area contributed by atoms with E-state index in [1.165, 1.54) is 17.4 Å². The average molecular weight is 521 g/mol. The van der Waals surface area contributed by atoms with Crippen LogP contribution in [0.1, 0.15) is 6.42 Å². The van der Waals surface area contributed by atoms with Gasteiger partial charge in [-0.15, -0.1) is 0 Å². The van der Waals surface area contributed by atoms with Crippen LogP contribution in [0.25, 0.3) is 0 Å². The normalized spacial score (nSPS) is 16.9. The van der Waals surface area contributed by atoms with Gasteiger partial charge < -0.3 is 24.6 Å². The van der Waals surface area contributed by atoms with Crippen molar-refractivity contribution in [3.63, 3.8) is 0 Å². The number of carbonyl (C=O) groups is 1. The van der Waals surface area contributed by atoms with E-state index >= 15 is 0 Å². The molecule has 1 amide bonds. The van der Waals surface area contributed by atoms with Gasteiger partial charge in [0.2, 0.25) is 5.91 Å². The fourth-order valence-corrected chi connectivity index (χ4v) is 5.05. The highest BCUT2D eigenvalue weighted by atomic mass is 35.5. The first-order chi connectivity index (χ1) is 17.1. The molecule has 190 valence electrons. The number of anilines is 2. The summed E-state index contributed by atoms with van der Waals surface area (Å²) in [7, 11) is 1.67. The van der Waals surface area contributed by atoms with Crippen molar-refractivity contribution in [3.05, 3.63) is 35.5 Å². The lowest BCUT2D eigenvalue weighted by Gasteiger charge is -2.36. The van der Waals surface area contributed by atoms with E-state index in [1.54, 1.807) is 13.2 Å². The number of benzene rings is 1. The van der Waals surface area contributed by atoms with Gasteiger partial charge in [0.15, 0.2) is 5.16 Å². The summed E-state index contributed by atoms with van der Waals surface area (Å²) in [6.07, 6.45) is 0.927. The van der Waals surface area contributed by atoms with E-state index in [1.807, 2.05) is 12.1 Å². The molecule has 0 atom stereocenters. The van der Waals surface area contributed by atoms with Gasteiger partial charge in [-0.1, -0.05) is 23.4 Å². The number of methoxy groups -OCH3 is 1. The van der Waals surface area contributed by atoms with Crippen molar-refractivity contribution in [2.45, 2.75) is 11.6 Å². The Morgan fingerprint density at radius 2 is 1.80 bits per heavy atom. The molecule has 0 saturated carbocycles. The van der Waals surface area contributed by atoms with Gasteiger partial charge in [0.05, 0.1) is 26.1 Å². The van der Waals surface area contributed by atoms with Crippen LogP contribution in [-0.4, -0.2) is 99.2 Å². The molecule has 1 aromatic carbocycles. The summed E-state index contributed by atoms with van der Waals surface area (Å²) in [5, 5.41) is 3.89. The maximum Gasteiger partial charge on any atom is 0.230 e. The molecule has 11 heteroatoms. The second-order valence-corrected chi connectivity index (χ2v) is 9.78. The molecule has 35 heavy (non-hydrogen) atoms. The van der Waals surface area contributed by atoms with Crippen LogP contribution in [-0.2, 0) is 9.53 Å². The highest BCUT2D eigenvalue weighted by Gasteiger charge is 2.20. The van der Waals surface area contributed by atoms with E-state index in [0.29, 0.717) is 16.9 Å². The summed E-state index contributed by atoms with van der Waals surface area (Å²) < 4.78 is 10.6. The largest absolute Gasteiger partial charge is 0.497 e. The van der Waals surface area contributed by atoms with Crippen molar-refractivity contribution >= 4 is 40.8 Å². The lowest BCUT2D eigenvalue weighted by molar-refractivity contribution is -0.118. The van der Waals surface area contributed by atoms with Gasteiger partial charge in [-0.3, -0.25) is 9.69 Å². The predicted octanol–water partition coefficient (Wildman–Crippen LogP) is 2.40. The topological polar surface area (TPSA) is 83.1 Å². The van der Waals surface area contributed by atoms with Crippen molar-refractivity contribution in [1.29, 1.82) is 0 Å². The van der Waals surface area contributed by atoms with Crippen LogP contribution in [0.3, 0.4) is 0 Å². The van der Waals surface area contributed by atoms with Gasteiger partial charge in [0, 0.05) is 57.6 Å². The monoisotopic (exact) mass is 520 g/mol. The Hall–Kier alpha value is -2.27. The predicted molar refractivity (Wildman–Crippen MR) is 140 cm³/mol. The van der Waals surface area contributed by atoms with E-state index in [-0.39, 0.29) is 11.7 Å². The Morgan fingerprint density at radius 3 is 2.51 bits per heavy atom. The third-order valence-corrected chi connectivity index (χ3v) is 7.15. The van der Waals surface area contributed by atoms with Crippen molar-refractivity contribution < 1.29 is 14.3 Å². The van der Waals surface area contributed by atoms with E-state index in [0.717, 1.165) is 77.0 Å². The molecule has 0 unspecified atom stereocenters. The summed E-state index contributed by atoms with van der Waals surface area (Å²) in [5.41, 5.74) is 1.18. The zero-order chi connectivity index (χ0) is 24.5. The number of thioether (sulfide) groups is 1. The van der Waals surface area contributed by atoms with Crippen LogP contribution in [0.2, 0.25) is 5.15 Å². The Morgan fingerprint density at radius 1 is 1.09 bits per heavy atom. The van der Waals surface area contributed by atoms with Gasteiger partial charge in [-0.05, 0) is 37.2 Å². The van der Waals surface area contributed by atoms with Gasteiger partial charge in [0.25, 0.3) is 0 Å². The average Bonchev–Trinajstić information content (AvgIpc) is 2.90. The molecule has 0 bridgehead atoms. The third-order valence-electron chi connectivity index (χ3n) is 6.11. The minimum absolute atomic E-state index is 0.0183. The number of halogens is 1. The SMILES string of the molecule is COc1ccc(N2CCN(c3cc(Cl)nc(SCC(=O)NCCCN4CCOCC4)n3)CC2)cc1. The maximum absolute atomic E-state index is 12.3. The number of aromatic nitrogens is 2. The molecule has 2 fully saturated rings. The van der Waals surface area contributed by atoms with Crippen LogP contribution in [0, 0.1) is 0 Å². The molecule has 0 radical (unpaired) electrons. The number of morpholine rings is 1. The quantitative estimate of drug-likeness (QED) is 0.220. The second kappa shape index (κ2) is 13.2. The molecule has 3 heterocycles. The standard InChI is InChI=1S/C24H33ClN6O3S/c1-33-20-5-3-19(4-6-20)30-9-11-31(12-10-30)22-17-21(25)27-24(28-22)35-18-23(32)26-7-2-8-29-13-15-34-16-14-29/h3-6,17H,2,7-16,18H2,1H3,(H,26,32). The third kappa shape index (κ3) is 7.86. The maximum atomic E-state index is 12.3. The van der Waals surface area contributed by atoms with E-state index in [2.05, 4.69) is 42.1 Å². The van der Waals surface area contributed by atoms with Crippen molar-refractivity contribution in [2.75, 3.05) is 88.2 Å². The molecular weight excluding hydrogens is 488 g/mol. The van der Waals surface area contributed by atoms with Gasteiger partial charge in [-0.25, -0.2) is 9.97 Å². The van der Waals surface area contributed by atoms with Gasteiger partial charge >= 0.3 is 0 Å². The summed E-state index contributed by atoms with van der Waals surface area (Å²) >= 11 is 7.60. The zero-order valence-electron chi connectivity index (χ0n) is 20.1. The lowest BCUT2D eigenvalue weighted by atomic mass is 10.2. The molecule has 2 saturated heterocycles. The number of hydrogen-bond acceptors (Lipinski definition) is 9. The number of nitrogens with one attached hydrogen (secondary N) is 1. The van der Waals surface area contributed by atoms with Crippen molar-refractivity contribution in [2.24, 2.45) is 0 Å². The van der Waals surface area contributed by atoms with Crippen molar-refractivity contribution in [1.82, 2.24) is 20.2 Å². The minimum Gasteiger partial charge on any atom is -0.497 e. The van der Waals surface area contributed by atoms with Crippen LogP contribution in [0.4, 0.5) is 11.5 Å². The molecule has 1 aromatic heterocycles. The summed E-state index contributed by atoms with van der Waals surface area (Å²) in [5.74, 6) is 1.90. The smallest absolute Gasteiger partial charge is 0.230 e.